The van der Waals surface area contributed by atoms with Gasteiger partial charge < -0.3 is 9.73 Å². The molecule has 0 fully saturated rings. The average Bonchev–Trinajstić information content (AvgIpc) is 2.81. The fourth-order valence-corrected chi connectivity index (χ4v) is 2.65. The van der Waals surface area contributed by atoms with Gasteiger partial charge in [0.1, 0.15) is 11.3 Å². The highest BCUT2D eigenvalue weighted by molar-refractivity contribution is 7.84. The van der Waals surface area contributed by atoms with Crippen LogP contribution in [0.1, 0.15) is 32.1 Å². The van der Waals surface area contributed by atoms with Crippen molar-refractivity contribution in [2.45, 2.75) is 31.6 Å². The minimum Gasteiger partial charge on any atom is -0.459 e. The second-order valence-electron chi connectivity index (χ2n) is 5.10. The van der Waals surface area contributed by atoms with Crippen LogP contribution in [0.15, 0.2) is 28.7 Å². The number of fused-ring (bicyclic) bond motifs is 1. The number of nitrogens with one attached hydrogen (secondary N) is 1. The van der Waals surface area contributed by atoms with E-state index in [1.807, 2.05) is 31.2 Å². The topological polar surface area (TPSA) is 42.2 Å². The van der Waals surface area contributed by atoms with Crippen LogP contribution in [0.2, 0.25) is 5.02 Å². The van der Waals surface area contributed by atoms with Gasteiger partial charge >= 0.3 is 0 Å². The minimum atomic E-state index is -0.763. The molecule has 0 spiro atoms. The van der Waals surface area contributed by atoms with Crippen LogP contribution >= 0.6 is 11.6 Å². The molecule has 0 bridgehead atoms. The Morgan fingerprint density at radius 2 is 2.10 bits per heavy atom. The van der Waals surface area contributed by atoms with Gasteiger partial charge in [-0.3, -0.25) is 4.21 Å². The van der Waals surface area contributed by atoms with Gasteiger partial charge in [-0.2, -0.15) is 0 Å². The summed E-state index contributed by atoms with van der Waals surface area (Å²) in [7, 11) is -0.763. The Morgan fingerprint density at radius 3 is 2.80 bits per heavy atom. The van der Waals surface area contributed by atoms with Crippen molar-refractivity contribution < 1.29 is 8.63 Å². The molecule has 1 heterocycles. The third-order valence-corrected chi connectivity index (χ3v) is 5.10. The molecule has 0 aliphatic rings. The molecule has 0 unspecified atom stereocenters. The van der Waals surface area contributed by atoms with Crippen LogP contribution in [0.3, 0.4) is 0 Å². The molecule has 0 saturated carbocycles. The van der Waals surface area contributed by atoms with E-state index in [1.54, 1.807) is 6.26 Å². The summed E-state index contributed by atoms with van der Waals surface area (Å²) < 4.78 is 17.1. The number of hydrogen-bond donors (Lipinski definition) is 1. The zero-order chi connectivity index (χ0) is 14.7. The lowest BCUT2D eigenvalue weighted by atomic mass is 10.2. The molecule has 20 heavy (non-hydrogen) atoms. The molecule has 2 rings (SSSR count). The lowest BCUT2D eigenvalue weighted by molar-refractivity contribution is 0.448. The standard InChI is InChI=1S/C15H20ClNO2S/c1-10(20(3)18)6-7-17-11(2)15-9-12-8-13(16)4-5-14(12)19-15/h4-5,8-11,17H,6-7H2,1-3H3/t10-,11-,20-/m0/s1. The Hall–Kier alpha value is -0.840. The van der Waals surface area contributed by atoms with Gasteiger partial charge in [0.15, 0.2) is 0 Å². The molecule has 1 aromatic heterocycles. The zero-order valence-corrected chi connectivity index (χ0v) is 13.6. The summed E-state index contributed by atoms with van der Waals surface area (Å²) in [5.41, 5.74) is 0.848. The number of halogens is 1. The predicted octanol–water partition coefficient (Wildman–Crippen LogP) is 3.89. The summed E-state index contributed by atoms with van der Waals surface area (Å²) in [6, 6.07) is 7.75. The van der Waals surface area contributed by atoms with Crippen molar-refractivity contribution in [1.29, 1.82) is 0 Å². The second-order valence-corrected chi connectivity index (χ2v) is 7.34. The Bertz CT molecular complexity index is 611. The van der Waals surface area contributed by atoms with Gasteiger partial charge in [0.05, 0.1) is 6.04 Å². The first kappa shape index (κ1) is 15.5. The molecule has 0 aliphatic heterocycles. The van der Waals surface area contributed by atoms with E-state index in [0.717, 1.165) is 29.7 Å². The van der Waals surface area contributed by atoms with Crippen molar-refractivity contribution in [3.8, 4) is 0 Å². The van der Waals surface area contributed by atoms with Crippen LogP contribution in [-0.4, -0.2) is 22.3 Å². The minimum absolute atomic E-state index is 0.124. The summed E-state index contributed by atoms with van der Waals surface area (Å²) in [6.07, 6.45) is 2.64. The molecule has 0 amide bonds. The average molecular weight is 314 g/mol. The van der Waals surface area contributed by atoms with Gasteiger partial charge in [-0.05, 0) is 44.2 Å². The summed E-state index contributed by atoms with van der Waals surface area (Å²) >= 11 is 5.97. The van der Waals surface area contributed by atoms with Crippen LogP contribution in [0.25, 0.3) is 11.0 Å². The van der Waals surface area contributed by atoms with Gasteiger partial charge in [-0.1, -0.05) is 18.5 Å². The van der Waals surface area contributed by atoms with Crippen LogP contribution in [0.4, 0.5) is 0 Å². The summed E-state index contributed by atoms with van der Waals surface area (Å²) in [5.74, 6) is 0.896. The smallest absolute Gasteiger partial charge is 0.134 e. The second kappa shape index (κ2) is 6.74. The number of rotatable bonds is 6. The lowest BCUT2D eigenvalue weighted by Crippen LogP contribution is -2.23. The number of hydrogen-bond acceptors (Lipinski definition) is 3. The highest BCUT2D eigenvalue weighted by Gasteiger charge is 2.12. The zero-order valence-electron chi connectivity index (χ0n) is 12.0. The van der Waals surface area contributed by atoms with Crippen LogP contribution < -0.4 is 5.32 Å². The molecule has 3 nitrogen and oxygen atoms in total. The number of furan rings is 1. The largest absolute Gasteiger partial charge is 0.459 e. The SMILES string of the molecule is C[C@H](NCC[C@H](C)[S@](C)=O)c1cc2cc(Cl)ccc2o1. The molecule has 2 aromatic rings. The van der Waals surface area contributed by atoms with Crippen LogP contribution in [0, 0.1) is 0 Å². The Kier molecular flexibility index (Phi) is 5.24. The van der Waals surface area contributed by atoms with Crippen molar-refractivity contribution in [2.75, 3.05) is 12.8 Å². The molecular formula is C15H20ClNO2S. The Labute approximate surface area is 127 Å². The maximum atomic E-state index is 11.3. The highest BCUT2D eigenvalue weighted by atomic mass is 35.5. The fourth-order valence-electron chi connectivity index (χ4n) is 2.02. The van der Waals surface area contributed by atoms with Crippen LogP contribution in [-0.2, 0) is 10.8 Å². The molecule has 110 valence electrons. The monoisotopic (exact) mass is 313 g/mol. The van der Waals surface area contributed by atoms with E-state index in [1.165, 1.54) is 0 Å². The lowest BCUT2D eigenvalue weighted by Gasteiger charge is -2.13. The first-order valence-electron chi connectivity index (χ1n) is 6.72. The van der Waals surface area contributed by atoms with E-state index in [4.69, 9.17) is 16.0 Å². The van der Waals surface area contributed by atoms with Crippen molar-refractivity contribution >= 4 is 33.4 Å². The Morgan fingerprint density at radius 1 is 1.35 bits per heavy atom. The number of benzene rings is 1. The maximum absolute atomic E-state index is 11.3. The van der Waals surface area contributed by atoms with Gasteiger partial charge in [0.2, 0.25) is 0 Å². The first-order chi connectivity index (χ1) is 9.47. The van der Waals surface area contributed by atoms with Gasteiger partial charge in [0, 0.05) is 32.7 Å². The maximum Gasteiger partial charge on any atom is 0.134 e. The molecule has 0 radical (unpaired) electrons. The molecule has 0 aliphatic carbocycles. The molecule has 1 aromatic carbocycles. The summed E-state index contributed by atoms with van der Waals surface area (Å²) in [5, 5.41) is 5.34. The van der Waals surface area contributed by atoms with E-state index in [0.29, 0.717) is 5.02 Å². The fraction of sp³-hybridized carbons (Fsp3) is 0.467. The van der Waals surface area contributed by atoms with E-state index in [9.17, 15) is 4.21 Å². The van der Waals surface area contributed by atoms with E-state index in [2.05, 4.69) is 12.2 Å². The predicted molar refractivity (Wildman–Crippen MR) is 85.8 cm³/mol. The van der Waals surface area contributed by atoms with Crippen LogP contribution in [0.5, 0.6) is 0 Å². The molecule has 5 heteroatoms. The Balaban J connectivity index is 1.97. The summed E-state index contributed by atoms with van der Waals surface area (Å²) in [4.78, 5) is 0. The van der Waals surface area contributed by atoms with Gasteiger partial charge in [0.25, 0.3) is 0 Å². The van der Waals surface area contributed by atoms with E-state index < -0.39 is 10.8 Å². The van der Waals surface area contributed by atoms with Crippen molar-refractivity contribution in [3.05, 3.63) is 35.0 Å². The quantitative estimate of drug-likeness (QED) is 0.879. The van der Waals surface area contributed by atoms with E-state index >= 15 is 0 Å². The highest BCUT2D eigenvalue weighted by Crippen LogP contribution is 2.26. The van der Waals surface area contributed by atoms with Crippen molar-refractivity contribution in [3.63, 3.8) is 0 Å². The summed E-state index contributed by atoms with van der Waals surface area (Å²) in [6.45, 7) is 4.89. The van der Waals surface area contributed by atoms with Crippen molar-refractivity contribution in [2.24, 2.45) is 0 Å². The van der Waals surface area contributed by atoms with E-state index in [-0.39, 0.29) is 11.3 Å². The van der Waals surface area contributed by atoms with Gasteiger partial charge in [-0.15, -0.1) is 0 Å². The molecule has 3 atom stereocenters. The van der Waals surface area contributed by atoms with Crippen molar-refractivity contribution in [1.82, 2.24) is 5.32 Å². The van der Waals surface area contributed by atoms with Gasteiger partial charge in [-0.25, -0.2) is 0 Å². The third-order valence-electron chi connectivity index (χ3n) is 3.49. The third kappa shape index (κ3) is 3.84. The normalized spacial score (nSPS) is 16.2. The molecule has 1 N–H and O–H groups in total. The molecule has 0 saturated heterocycles. The molecular weight excluding hydrogens is 294 g/mol. The first-order valence-corrected chi connectivity index (χ1v) is 8.72.